The first-order valence-corrected chi connectivity index (χ1v) is 8.55. The van der Waals surface area contributed by atoms with Crippen molar-refractivity contribution >= 4 is 18.3 Å². The lowest BCUT2D eigenvalue weighted by Crippen LogP contribution is -2.48. The van der Waals surface area contributed by atoms with E-state index in [1.54, 1.807) is 0 Å². The van der Waals surface area contributed by atoms with Crippen molar-refractivity contribution in [2.75, 3.05) is 6.54 Å². The van der Waals surface area contributed by atoms with Gasteiger partial charge in [-0.05, 0) is 24.1 Å². The van der Waals surface area contributed by atoms with Crippen LogP contribution in [0.15, 0.2) is 0 Å². The molecule has 1 saturated carbocycles. The maximum Gasteiger partial charge on any atom is 0.216 e. The molecule has 6 heteroatoms. The van der Waals surface area contributed by atoms with Crippen LogP contribution in [0.2, 0.25) is 0 Å². The lowest BCUT2D eigenvalue weighted by Gasteiger charge is -2.44. The molecule has 1 fully saturated rings. The minimum atomic E-state index is -3.74. The maximum absolute atomic E-state index is 10.4. The Morgan fingerprint density at radius 1 is 1.38 bits per heavy atom. The normalized spacial score (nSPS) is 31.1. The molecule has 4 nitrogen and oxygen atoms in total. The van der Waals surface area contributed by atoms with Crippen molar-refractivity contribution in [2.24, 2.45) is 17.6 Å². The minimum absolute atomic E-state index is 0.168. The number of aliphatic hydroxyl groups is 1. The van der Waals surface area contributed by atoms with E-state index >= 15 is 0 Å². The molecular weight excluding hydrogens is 245 g/mol. The quantitative estimate of drug-likeness (QED) is 0.574. The summed E-state index contributed by atoms with van der Waals surface area (Å²) in [6.45, 7) is -1.86. The summed E-state index contributed by atoms with van der Waals surface area (Å²) in [4.78, 5) is 19.3. The minimum Gasteiger partial charge on any atom is -0.378 e. The Labute approximate surface area is 102 Å². The molecule has 0 radical (unpaired) electrons. The first kappa shape index (κ1) is 14.6. The number of rotatable bonds is 4. The number of hydrogen-bond donors (Lipinski definition) is 4. The summed E-state index contributed by atoms with van der Waals surface area (Å²) in [6.07, 6.45) is 4.85. The van der Waals surface area contributed by atoms with Crippen LogP contribution in [0.3, 0.4) is 0 Å². The van der Waals surface area contributed by atoms with Gasteiger partial charge in [0.2, 0.25) is 6.49 Å². The molecule has 0 aromatic carbocycles. The molecule has 1 aliphatic carbocycles. The van der Waals surface area contributed by atoms with Gasteiger partial charge in [0, 0.05) is 12.5 Å². The van der Waals surface area contributed by atoms with E-state index in [0.29, 0.717) is 5.92 Å². The molecule has 0 spiro atoms. The SMILES string of the molecule is CCC1CCCCC1C(O)(CN)P(O)(O)=S. The van der Waals surface area contributed by atoms with E-state index < -0.39 is 11.8 Å². The first-order valence-electron chi connectivity index (χ1n) is 5.85. The second-order valence-corrected chi connectivity index (χ2v) is 8.08. The zero-order valence-electron chi connectivity index (χ0n) is 9.67. The van der Waals surface area contributed by atoms with Crippen molar-refractivity contribution in [1.82, 2.24) is 0 Å². The average molecular weight is 267 g/mol. The fraction of sp³-hybridized carbons (Fsp3) is 1.00. The van der Waals surface area contributed by atoms with Crippen LogP contribution in [0.25, 0.3) is 0 Å². The largest absolute Gasteiger partial charge is 0.378 e. The van der Waals surface area contributed by atoms with E-state index in [-0.39, 0.29) is 12.5 Å². The fourth-order valence-corrected chi connectivity index (χ4v) is 4.43. The average Bonchev–Trinajstić information content (AvgIpc) is 2.26. The van der Waals surface area contributed by atoms with Crippen molar-refractivity contribution in [2.45, 2.75) is 44.4 Å². The van der Waals surface area contributed by atoms with Crippen LogP contribution in [0.4, 0.5) is 0 Å². The Kier molecular flexibility index (Phi) is 4.93. The molecule has 0 bridgehead atoms. The second-order valence-electron chi connectivity index (χ2n) is 4.69. The Balaban J connectivity index is 2.97. The molecule has 5 N–H and O–H groups in total. The monoisotopic (exact) mass is 267 g/mol. The van der Waals surface area contributed by atoms with Gasteiger partial charge in [-0.25, -0.2) is 0 Å². The van der Waals surface area contributed by atoms with E-state index in [1.807, 2.05) is 0 Å². The molecular formula is C10H22NO3PS. The smallest absolute Gasteiger partial charge is 0.216 e. The van der Waals surface area contributed by atoms with E-state index in [9.17, 15) is 14.9 Å². The van der Waals surface area contributed by atoms with Crippen LogP contribution in [0.5, 0.6) is 0 Å². The molecule has 0 aromatic rings. The molecule has 0 aromatic heterocycles. The third-order valence-corrected chi connectivity index (χ3v) is 6.30. The van der Waals surface area contributed by atoms with Crippen LogP contribution in [-0.4, -0.2) is 26.8 Å². The molecule has 0 aliphatic heterocycles. The van der Waals surface area contributed by atoms with Gasteiger partial charge in [-0.1, -0.05) is 32.6 Å². The van der Waals surface area contributed by atoms with Gasteiger partial charge in [-0.15, -0.1) is 0 Å². The van der Waals surface area contributed by atoms with Gasteiger partial charge in [0.05, 0.1) is 0 Å². The standard InChI is InChI=1S/C10H22NO3PS/c1-2-8-5-3-4-6-9(8)10(12,7-11)15(13,14)16/h8-9,12H,2-7,11H2,1H3,(H2,13,14,16). The van der Waals surface area contributed by atoms with Gasteiger partial charge in [-0.2, -0.15) is 0 Å². The second kappa shape index (κ2) is 5.42. The zero-order chi connectivity index (χ0) is 12.4. The summed E-state index contributed by atoms with van der Waals surface area (Å²) < 4.78 is 0. The van der Waals surface area contributed by atoms with E-state index in [1.165, 1.54) is 0 Å². The van der Waals surface area contributed by atoms with Gasteiger partial charge in [0.1, 0.15) is 0 Å². The molecule has 1 rings (SSSR count). The molecule has 3 unspecified atom stereocenters. The number of nitrogens with two attached hydrogens (primary N) is 1. The summed E-state index contributed by atoms with van der Waals surface area (Å²) in [7, 11) is 0. The highest BCUT2D eigenvalue weighted by Crippen LogP contribution is 2.57. The predicted molar refractivity (Wildman–Crippen MR) is 68.5 cm³/mol. The topological polar surface area (TPSA) is 86.7 Å². The molecule has 1 aliphatic rings. The highest BCUT2D eigenvalue weighted by atomic mass is 32.5. The van der Waals surface area contributed by atoms with Crippen LogP contribution in [-0.2, 0) is 11.8 Å². The van der Waals surface area contributed by atoms with Crippen molar-refractivity contribution in [3.63, 3.8) is 0 Å². The van der Waals surface area contributed by atoms with Crippen molar-refractivity contribution in [1.29, 1.82) is 0 Å². The Morgan fingerprint density at radius 2 is 1.94 bits per heavy atom. The highest BCUT2D eigenvalue weighted by molar-refractivity contribution is 8.09. The Bertz CT molecular complexity index is 283. The molecule has 0 heterocycles. The van der Waals surface area contributed by atoms with Crippen LogP contribution in [0.1, 0.15) is 39.0 Å². The van der Waals surface area contributed by atoms with Crippen LogP contribution in [0, 0.1) is 11.8 Å². The summed E-state index contributed by atoms with van der Waals surface area (Å²) >= 11 is 4.69. The molecule has 0 amide bonds. The highest BCUT2D eigenvalue weighted by Gasteiger charge is 2.49. The van der Waals surface area contributed by atoms with Gasteiger partial charge in [0.15, 0.2) is 5.34 Å². The van der Waals surface area contributed by atoms with Crippen molar-refractivity contribution in [3.8, 4) is 0 Å². The lowest BCUT2D eigenvalue weighted by molar-refractivity contribution is 0.00425. The van der Waals surface area contributed by atoms with Crippen molar-refractivity contribution in [3.05, 3.63) is 0 Å². The Hall–Kier alpha value is 0.490. The van der Waals surface area contributed by atoms with E-state index in [0.717, 1.165) is 32.1 Å². The first-order chi connectivity index (χ1) is 7.36. The molecule has 0 saturated heterocycles. The molecule has 16 heavy (non-hydrogen) atoms. The molecule has 3 atom stereocenters. The van der Waals surface area contributed by atoms with Gasteiger partial charge < -0.3 is 20.6 Å². The van der Waals surface area contributed by atoms with E-state index in [2.05, 4.69) is 6.92 Å². The summed E-state index contributed by atoms with van der Waals surface area (Å²) in [5.74, 6) is 0.126. The third kappa shape index (κ3) is 2.66. The summed E-state index contributed by atoms with van der Waals surface area (Å²) in [6, 6.07) is 0. The maximum atomic E-state index is 10.4. The van der Waals surface area contributed by atoms with Gasteiger partial charge in [-0.3, -0.25) is 0 Å². The van der Waals surface area contributed by atoms with Gasteiger partial charge >= 0.3 is 0 Å². The van der Waals surface area contributed by atoms with Crippen LogP contribution >= 0.6 is 6.49 Å². The Morgan fingerprint density at radius 3 is 2.38 bits per heavy atom. The van der Waals surface area contributed by atoms with E-state index in [4.69, 9.17) is 17.5 Å². The van der Waals surface area contributed by atoms with Crippen molar-refractivity contribution < 1.29 is 14.9 Å². The number of hydrogen-bond acceptors (Lipinski definition) is 3. The van der Waals surface area contributed by atoms with Gasteiger partial charge in [0.25, 0.3) is 0 Å². The summed E-state index contributed by atoms with van der Waals surface area (Å²) in [5, 5.41) is 8.74. The predicted octanol–water partition coefficient (Wildman–Crippen LogP) is 1.14. The fourth-order valence-electron chi connectivity index (χ4n) is 2.79. The lowest BCUT2D eigenvalue weighted by atomic mass is 9.74. The third-order valence-electron chi connectivity index (χ3n) is 3.83. The van der Waals surface area contributed by atoms with Crippen LogP contribution < -0.4 is 5.73 Å². The molecule has 96 valence electrons. The summed E-state index contributed by atoms with van der Waals surface area (Å²) in [5.41, 5.74) is 5.53. The zero-order valence-corrected chi connectivity index (χ0v) is 11.4.